The van der Waals surface area contributed by atoms with Crippen molar-refractivity contribution in [3.8, 4) is 0 Å². The lowest BCUT2D eigenvalue weighted by Crippen LogP contribution is -2.10. The first kappa shape index (κ1) is 12.4. The number of rotatable bonds is 4. The van der Waals surface area contributed by atoms with Gasteiger partial charge in [0.05, 0.1) is 16.3 Å². The second kappa shape index (κ2) is 5.42. The molecule has 0 amide bonds. The lowest BCUT2D eigenvalue weighted by molar-refractivity contribution is 0.188. The zero-order valence-corrected chi connectivity index (χ0v) is 9.81. The number of hydrogen-bond donors (Lipinski definition) is 2. The van der Waals surface area contributed by atoms with Crippen LogP contribution in [0, 0.1) is 11.6 Å². The molecule has 1 unspecified atom stereocenters. The third-order valence-electron chi connectivity index (χ3n) is 1.89. The van der Waals surface area contributed by atoms with Gasteiger partial charge in [-0.25, -0.2) is 8.78 Å². The molecule has 0 fully saturated rings. The van der Waals surface area contributed by atoms with Gasteiger partial charge in [0.15, 0.2) is 0 Å². The highest BCUT2D eigenvalue weighted by Gasteiger charge is 2.07. The summed E-state index contributed by atoms with van der Waals surface area (Å²) in [5.41, 5.74) is 0.226. The Balaban J connectivity index is 2.65. The average molecular weight is 280 g/mol. The zero-order chi connectivity index (χ0) is 11.4. The van der Waals surface area contributed by atoms with E-state index in [2.05, 4.69) is 21.2 Å². The minimum Gasteiger partial charge on any atom is -0.393 e. The fourth-order valence-electron chi connectivity index (χ4n) is 1.07. The number of nitrogens with one attached hydrogen (secondary N) is 1. The molecular weight excluding hydrogens is 268 g/mol. The normalized spacial score (nSPS) is 12.6. The largest absolute Gasteiger partial charge is 0.393 e. The maximum absolute atomic E-state index is 13.2. The molecule has 2 nitrogen and oxygen atoms in total. The van der Waals surface area contributed by atoms with Crippen molar-refractivity contribution < 1.29 is 13.9 Å². The Morgan fingerprint density at radius 2 is 2.07 bits per heavy atom. The zero-order valence-electron chi connectivity index (χ0n) is 8.23. The molecule has 15 heavy (non-hydrogen) atoms. The molecule has 0 aliphatic heterocycles. The number of anilines is 1. The molecule has 0 bridgehead atoms. The van der Waals surface area contributed by atoms with Crippen LogP contribution < -0.4 is 5.32 Å². The molecule has 0 saturated carbocycles. The van der Waals surface area contributed by atoms with E-state index in [-0.39, 0.29) is 10.2 Å². The summed E-state index contributed by atoms with van der Waals surface area (Å²) in [6, 6.07) is 2.15. The highest BCUT2D eigenvalue weighted by molar-refractivity contribution is 9.10. The van der Waals surface area contributed by atoms with Gasteiger partial charge in [0.2, 0.25) is 0 Å². The van der Waals surface area contributed by atoms with Crippen molar-refractivity contribution in [1.82, 2.24) is 0 Å². The van der Waals surface area contributed by atoms with Crippen LogP contribution in [-0.4, -0.2) is 17.8 Å². The molecule has 0 heterocycles. The lowest BCUT2D eigenvalue weighted by atomic mass is 10.2. The van der Waals surface area contributed by atoms with Crippen LogP contribution in [0.2, 0.25) is 0 Å². The van der Waals surface area contributed by atoms with Gasteiger partial charge >= 0.3 is 0 Å². The Morgan fingerprint density at radius 3 is 2.67 bits per heavy atom. The standard InChI is InChI=1S/C10H12BrF2NO/c1-6(15)2-3-14-10-4-7(11)8(12)5-9(10)13/h4-6,14-15H,2-3H2,1H3. The van der Waals surface area contributed by atoms with E-state index in [9.17, 15) is 8.78 Å². The van der Waals surface area contributed by atoms with Gasteiger partial charge in [-0.05, 0) is 35.3 Å². The summed E-state index contributed by atoms with van der Waals surface area (Å²) in [5, 5.41) is 11.8. The van der Waals surface area contributed by atoms with Crippen LogP contribution in [0.5, 0.6) is 0 Å². The van der Waals surface area contributed by atoms with E-state index >= 15 is 0 Å². The van der Waals surface area contributed by atoms with E-state index in [0.29, 0.717) is 13.0 Å². The number of benzene rings is 1. The fraction of sp³-hybridized carbons (Fsp3) is 0.400. The molecule has 1 atom stereocenters. The van der Waals surface area contributed by atoms with Crippen molar-refractivity contribution in [3.05, 3.63) is 28.2 Å². The van der Waals surface area contributed by atoms with E-state index < -0.39 is 17.7 Å². The van der Waals surface area contributed by atoms with Crippen molar-refractivity contribution >= 4 is 21.6 Å². The minimum atomic E-state index is -0.638. The van der Waals surface area contributed by atoms with E-state index in [4.69, 9.17) is 5.11 Å². The van der Waals surface area contributed by atoms with E-state index in [1.165, 1.54) is 6.07 Å². The third kappa shape index (κ3) is 3.76. The van der Waals surface area contributed by atoms with Crippen LogP contribution in [0.3, 0.4) is 0 Å². The summed E-state index contributed by atoms with van der Waals surface area (Å²) < 4.78 is 26.2. The second-order valence-corrected chi connectivity index (χ2v) is 4.16. The average Bonchev–Trinajstić information content (AvgIpc) is 2.13. The van der Waals surface area contributed by atoms with Crippen LogP contribution in [-0.2, 0) is 0 Å². The van der Waals surface area contributed by atoms with Crippen LogP contribution in [0.1, 0.15) is 13.3 Å². The highest BCUT2D eigenvalue weighted by atomic mass is 79.9. The SMILES string of the molecule is CC(O)CCNc1cc(Br)c(F)cc1F. The molecule has 0 radical (unpaired) electrons. The summed E-state index contributed by atoms with van der Waals surface area (Å²) in [4.78, 5) is 0. The topological polar surface area (TPSA) is 32.3 Å². The monoisotopic (exact) mass is 279 g/mol. The molecule has 5 heteroatoms. The minimum absolute atomic E-state index is 0.212. The Bertz CT molecular complexity index is 344. The van der Waals surface area contributed by atoms with Crippen molar-refractivity contribution in [2.75, 3.05) is 11.9 Å². The van der Waals surface area contributed by atoms with Gasteiger partial charge in [-0.3, -0.25) is 0 Å². The Kier molecular flexibility index (Phi) is 4.47. The number of aliphatic hydroxyl groups is 1. The quantitative estimate of drug-likeness (QED) is 0.831. The summed E-state index contributed by atoms with van der Waals surface area (Å²) in [5.74, 6) is -1.27. The number of hydrogen-bond acceptors (Lipinski definition) is 2. The summed E-state index contributed by atoms with van der Waals surface area (Å²) >= 11 is 2.97. The molecule has 1 aromatic rings. The Labute approximate surface area is 95.4 Å². The summed E-state index contributed by atoms with van der Waals surface area (Å²) in [7, 11) is 0. The molecule has 0 aliphatic carbocycles. The van der Waals surface area contributed by atoms with Gasteiger partial charge in [0.25, 0.3) is 0 Å². The summed E-state index contributed by atoms with van der Waals surface area (Å²) in [6.07, 6.45) is 0.0680. The Hall–Kier alpha value is -0.680. The third-order valence-corrected chi connectivity index (χ3v) is 2.50. The fourth-order valence-corrected chi connectivity index (χ4v) is 1.42. The van der Waals surface area contributed by atoms with Crippen LogP contribution in [0.25, 0.3) is 0 Å². The first-order valence-corrected chi connectivity index (χ1v) is 5.36. The van der Waals surface area contributed by atoms with Gasteiger partial charge in [0, 0.05) is 12.6 Å². The predicted octanol–water partition coefficient (Wildman–Crippen LogP) is 2.91. The molecule has 1 aromatic carbocycles. The maximum atomic E-state index is 13.2. The van der Waals surface area contributed by atoms with Gasteiger partial charge in [0.1, 0.15) is 11.6 Å². The molecule has 0 spiro atoms. The van der Waals surface area contributed by atoms with Crippen LogP contribution >= 0.6 is 15.9 Å². The van der Waals surface area contributed by atoms with Crippen molar-refractivity contribution in [2.24, 2.45) is 0 Å². The van der Waals surface area contributed by atoms with Gasteiger partial charge in [-0.1, -0.05) is 0 Å². The van der Waals surface area contributed by atoms with Crippen molar-refractivity contribution in [2.45, 2.75) is 19.4 Å². The Morgan fingerprint density at radius 1 is 1.40 bits per heavy atom. The van der Waals surface area contributed by atoms with Crippen molar-refractivity contribution in [3.63, 3.8) is 0 Å². The van der Waals surface area contributed by atoms with Gasteiger partial charge in [-0.15, -0.1) is 0 Å². The second-order valence-electron chi connectivity index (χ2n) is 3.31. The summed E-state index contributed by atoms with van der Waals surface area (Å²) in [6.45, 7) is 2.09. The maximum Gasteiger partial charge on any atom is 0.149 e. The van der Waals surface area contributed by atoms with Gasteiger partial charge < -0.3 is 10.4 Å². The van der Waals surface area contributed by atoms with Crippen molar-refractivity contribution in [1.29, 1.82) is 0 Å². The van der Waals surface area contributed by atoms with E-state index in [0.717, 1.165) is 6.07 Å². The molecule has 0 saturated heterocycles. The number of aliphatic hydroxyl groups excluding tert-OH is 1. The number of halogens is 3. The first-order valence-electron chi connectivity index (χ1n) is 4.57. The smallest absolute Gasteiger partial charge is 0.149 e. The molecule has 0 aromatic heterocycles. The molecule has 2 N–H and O–H groups in total. The molecular formula is C10H12BrF2NO. The van der Waals surface area contributed by atoms with E-state index in [1.54, 1.807) is 6.92 Å². The predicted molar refractivity (Wildman–Crippen MR) is 58.8 cm³/mol. The van der Waals surface area contributed by atoms with Gasteiger partial charge in [-0.2, -0.15) is 0 Å². The highest BCUT2D eigenvalue weighted by Crippen LogP contribution is 2.23. The van der Waals surface area contributed by atoms with E-state index in [1.807, 2.05) is 0 Å². The van der Waals surface area contributed by atoms with Crippen LogP contribution in [0.15, 0.2) is 16.6 Å². The first-order chi connectivity index (χ1) is 7.00. The molecule has 1 rings (SSSR count). The van der Waals surface area contributed by atoms with Crippen LogP contribution in [0.4, 0.5) is 14.5 Å². The molecule has 0 aliphatic rings. The lowest BCUT2D eigenvalue weighted by Gasteiger charge is -2.09. The molecule has 84 valence electrons.